The zero-order chi connectivity index (χ0) is 16.5. The number of aryl methyl sites for hydroxylation is 1. The molecule has 0 radical (unpaired) electrons. The maximum Gasteiger partial charge on any atom is 0.202 e. The van der Waals surface area contributed by atoms with Crippen LogP contribution in [0, 0.1) is 6.92 Å². The van der Waals surface area contributed by atoms with E-state index in [1.54, 1.807) is 0 Å². The first kappa shape index (κ1) is 14.5. The molecular weight excluding hydrogens is 298 g/mol. The van der Waals surface area contributed by atoms with Crippen LogP contribution in [-0.4, -0.2) is 17.4 Å². The molecular formula is C21H17NO2. The lowest BCUT2D eigenvalue weighted by Gasteiger charge is -2.09. The Morgan fingerprint density at radius 2 is 1.62 bits per heavy atom. The molecule has 118 valence electrons. The fourth-order valence-corrected chi connectivity index (χ4v) is 3.17. The van der Waals surface area contributed by atoms with Crippen molar-refractivity contribution in [2.75, 3.05) is 6.61 Å². The number of fused-ring (bicyclic) bond motifs is 2. The second-order valence-corrected chi connectivity index (χ2v) is 5.86. The molecule has 24 heavy (non-hydrogen) atoms. The van der Waals surface area contributed by atoms with Gasteiger partial charge >= 0.3 is 0 Å². The van der Waals surface area contributed by atoms with Crippen molar-refractivity contribution < 1.29 is 9.53 Å². The third-order valence-corrected chi connectivity index (χ3v) is 4.28. The number of ether oxygens (including phenoxy) is 1. The number of aromatic nitrogens is 1. The van der Waals surface area contributed by atoms with Crippen molar-refractivity contribution in [1.29, 1.82) is 0 Å². The van der Waals surface area contributed by atoms with Gasteiger partial charge in [0.2, 0.25) is 5.78 Å². The standard InChI is InChI=1S/C21H17NO2/c1-14-21(17-10-4-5-11-18(17)22-14)19(23)13-24-20-12-6-8-15-7-2-3-9-16(15)20/h2-12,22H,13H2,1H3. The summed E-state index contributed by atoms with van der Waals surface area (Å²) in [6.07, 6.45) is 0. The molecule has 3 heteroatoms. The molecule has 0 bridgehead atoms. The fourth-order valence-electron chi connectivity index (χ4n) is 3.17. The van der Waals surface area contributed by atoms with Crippen LogP contribution in [0.25, 0.3) is 21.7 Å². The van der Waals surface area contributed by atoms with Crippen LogP contribution >= 0.6 is 0 Å². The van der Waals surface area contributed by atoms with Crippen molar-refractivity contribution in [3.63, 3.8) is 0 Å². The van der Waals surface area contributed by atoms with E-state index in [-0.39, 0.29) is 12.4 Å². The van der Waals surface area contributed by atoms with Crippen LogP contribution in [0.4, 0.5) is 0 Å². The normalized spacial score (nSPS) is 11.0. The van der Waals surface area contributed by atoms with Crippen LogP contribution in [0.3, 0.4) is 0 Å². The van der Waals surface area contributed by atoms with E-state index in [0.29, 0.717) is 5.56 Å². The van der Waals surface area contributed by atoms with E-state index in [2.05, 4.69) is 4.98 Å². The third kappa shape index (κ3) is 2.44. The van der Waals surface area contributed by atoms with Gasteiger partial charge in [-0.15, -0.1) is 0 Å². The van der Waals surface area contributed by atoms with E-state index in [1.165, 1.54) is 0 Å². The SMILES string of the molecule is Cc1[nH]c2ccccc2c1C(=O)COc1cccc2ccccc12. The van der Waals surface area contributed by atoms with Gasteiger partial charge in [-0.05, 0) is 24.4 Å². The third-order valence-electron chi connectivity index (χ3n) is 4.28. The Labute approximate surface area is 139 Å². The summed E-state index contributed by atoms with van der Waals surface area (Å²) in [6, 6.07) is 21.7. The highest BCUT2D eigenvalue weighted by atomic mass is 16.5. The Kier molecular flexibility index (Phi) is 3.54. The maximum atomic E-state index is 12.7. The Balaban J connectivity index is 1.63. The smallest absolute Gasteiger partial charge is 0.202 e. The Hall–Kier alpha value is -3.07. The van der Waals surface area contributed by atoms with E-state index in [0.717, 1.165) is 33.1 Å². The van der Waals surface area contributed by atoms with E-state index < -0.39 is 0 Å². The van der Waals surface area contributed by atoms with E-state index >= 15 is 0 Å². The first-order chi connectivity index (χ1) is 11.7. The molecule has 1 aromatic heterocycles. The molecule has 1 N–H and O–H groups in total. The molecule has 0 unspecified atom stereocenters. The van der Waals surface area contributed by atoms with Crippen molar-refractivity contribution in [3.8, 4) is 5.75 Å². The lowest BCUT2D eigenvalue weighted by atomic mass is 10.1. The molecule has 0 aliphatic rings. The molecule has 0 saturated carbocycles. The highest BCUT2D eigenvalue weighted by Gasteiger charge is 2.16. The number of benzene rings is 3. The summed E-state index contributed by atoms with van der Waals surface area (Å²) in [5.74, 6) is 0.719. The summed E-state index contributed by atoms with van der Waals surface area (Å²) in [7, 11) is 0. The molecule has 0 spiro atoms. The molecule has 4 rings (SSSR count). The summed E-state index contributed by atoms with van der Waals surface area (Å²) in [5, 5.41) is 3.07. The number of carbonyl (C=O) groups excluding carboxylic acids is 1. The van der Waals surface area contributed by atoms with Gasteiger partial charge in [-0.3, -0.25) is 4.79 Å². The maximum absolute atomic E-state index is 12.7. The number of nitrogens with one attached hydrogen (secondary N) is 1. The zero-order valence-corrected chi connectivity index (χ0v) is 13.4. The lowest BCUT2D eigenvalue weighted by molar-refractivity contribution is 0.0923. The quantitative estimate of drug-likeness (QED) is 0.545. The van der Waals surface area contributed by atoms with Gasteiger partial charge in [0.15, 0.2) is 6.61 Å². The highest BCUT2D eigenvalue weighted by molar-refractivity contribution is 6.10. The van der Waals surface area contributed by atoms with Gasteiger partial charge in [0.25, 0.3) is 0 Å². The second kappa shape index (κ2) is 5.85. The van der Waals surface area contributed by atoms with Crippen molar-refractivity contribution in [3.05, 3.63) is 78.0 Å². The van der Waals surface area contributed by atoms with Crippen molar-refractivity contribution in [2.45, 2.75) is 6.92 Å². The number of para-hydroxylation sites is 1. The van der Waals surface area contributed by atoms with Crippen LogP contribution < -0.4 is 4.74 Å². The first-order valence-electron chi connectivity index (χ1n) is 7.95. The minimum absolute atomic E-state index is 0.0158. The number of aromatic amines is 1. The minimum Gasteiger partial charge on any atom is -0.485 e. The number of hydrogen-bond donors (Lipinski definition) is 1. The number of carbonyl (C=O) groups is 1. The van der Waals surface area contributed by atoms with Crippen molar-refractivity contribution in [2.24, 2.45) is 0 Å². The van der Waals surface area contributed by atoms with Crippen LogP contribution in [0.2, 0.25) is 0 Å². The lowest BCUT2D eigenvalue weighted by Crippen LogP contribution is -2.12. The summed E-state index contributed by atoms with van der Waals surface area (Å²) in [6.45, 7) is 1.95. The van der Waals surface area contributed by atoms with Crippen LogP contribution in [-0.2, 0) is 0 Å². The molecule has 3 nitrogen and oxygen atoms in total. The van der Waals surface area contributed by atoms with Crippen LogP contribution in [0.5, 0.6) is 5.75 Å². The number of hydrogen-bond acceptors (Lipinski definition) is 2. The van der Waals surface area contributed by atoms with Gasteiger partial charge in [-0.1, -0.05) is 54.6 Å². The van der Waals surface area contributed by atoms with Gasteiger partial charge in [0, 0.05) is 27.5 Å². The molecule has 0 atom stereocenters. The number of ketones is 1. The van der Waals surface area contributed by atoms with Crippen molar-refractivity contribution in [1.82, 2.24) is 4.98 Å². The number of rotatable bonds is 4. The molecule has 0 saturated heterocycles. The molecule has 0 aliphatic heterocycles. The van der Waals surface area contributed by atoms with Crippen LogP contribution in [0.1, 0.15) is 16.1 Å². The Morgan fingerprint density at radius 3 is 2.50 bits per heavy atom. The van der Waals surface area contributed by atoms with Crippen molar-refractivity contribution >= 4 is 27.5 Å². The number of Topliss-reactive ketones (excluding diaryl/α,β-unsaturated/α-hetero) is 1. The average Bonchev–Trinajstić information content (AvgIpc) is 2.95. The zero-order valence-electron chi connectivity index (χ0n) is 13.4. The topological polar surface area (TPSA) is 42.1 Å². The van der Waals surface area contributed by atoms with E-state index in [9.17, 15) is 4.79 Å². The van der Waals surface area contributed by atoms with E-state index in [1.807, 2.05) is 73.7 Å². The molecule has 4 aromatic rings. The Bertz CT molecular complexity index is 1040. The second-order valence-electron chi connectivity index (χ2n) is 5.86. The Morgan fingerprint density at radius 1 is 0.917 bits per heavy atom. The van der Waals surface area contributed by atoms with Gasteiger partial charge in [-0.2, -0.15) is 0 Å². The summed E-state index contributed by atoms with van der Waals surface area (Å²) >= 11 is 0. The largest absolute Gasteiger partial charge is 0.485 e. The monoisotopic (exact) mass is 315 g/mol. The van der Waals surface area contributed by atoms with Gasteiger partial charge in [0.05, 0.1) is 0 Å². The summed E-state index contributed by atoms with van der Waals surface area (Å²) in [5.41, 5.74) is 2.57. The summed E-state index contributed by atoms with van der Waals surface area (Å²) in [4.78, 5) is 16.0. The highest BCUT2D eigenvalue weighted by Crippen LogP contribution is 2.26. The van der Waals surface area contributed by atoms with Crippen LogP contribution in [0.15, 0.2) is 66.7 Å². The predicted octanol–water partition coefficient (Wildman–Crippen LogP) is 4.89. The fraction of sp³-hybridized carbons (Fsp3) is 0.0952. The molecule has 0 amide bonds. The molecule has 0 aliphatic carbocycles. The minimum atomic E-state index is -0.0158. The predicted molar refractivity (Wildman–Crippen MR) is 96.8 cm³/mol. The average molecular weight is 315 g/mol. The van der Waals surface area contributed by atoms with E-state index in [4.69, 9.17) is 4.74 Å². The molecule has 3 aromatic carbocycles. The van der Waals surface area contributed by atoms with Gasteiger partial charge in [0.1, 0.15) is 5.75 Å². The number of H-pyrrole nitrogens is 1. The van der Waals surface area contributed by atoms with Gasteiger partial charge < -0.3 is 9.72 Å². The molecule has 1 heterocycles. The first-order valence-corrected chi connectivity index (χ1v) is 7.95. The summed E-state index contributed by atoms with van der Waals surface area (Å²) < 4.78 is 5.85. The van der Waals surface area contributed by atoms with Gasteiger partial charge in [-0.25, -0.2) is 0 Å². The molecule has 0 fully saturated rings.